The van der Waals surface area contributed by atoms with Gasteiger partial charge in [-0.1, -0.05) is 0 Å². The average Bonchev–Trinajstić information content (AvgIpc) is 2.57. The number of thiol groups is 1. The highest BCUT2D eigenvalue weighted by atomic mass is 32.1. The summed E-state index contributed by atoms with van der Waals surface area (Å²) in [5.41, 5.74) is 4.49. The van der Waals surface area contributed by atoms with Gasteiger partial charge in [0.05, 0.1) is 0 Å². The Balaban J connectivity index is 2.07. The van der Waals surface area contributed by atoms with Gasteiger partial charge in [-0.05, 0) is 55.9 Å². The van der Waals surface area contributed by atoms with E-state index in [0.717, 1.165) is 12.2 Å². The van der Waals surface area contributed by atoms with E-state index < -0.39 is 0 Å². The normalized spacial score (nSPS) is 15.8. The van der Waals surface area contributed by atoms with Crippen molar-refractivity contribution in [2.45, 2.75) is 38.5 Å². The van der Waals surface area contributed by atoms with E-state index in [0.29, 0.717) is 0 Å². The number of hydrogen-bond acceptors (Lipinski definition) is 1. The van der Waals surface area contributed by atoms with Crippen LogP contribution in [-0.4, -0.2) is 10.7 Å². The van der Waals surface area contributed by atoms with Crippen molar-refractivity contribution >= 4 is 12.6 Å². The zero-order valence-electron chi connectivity index (χ0n) is 7.97. The molecule has 1 aliphatic carbocycles. The van der Waals surface area contributed by atoms with E-state index >= 15 is 0 Å². The van der Waals surface area contributed by atoms with Crippen LogP contribution >= 0.6 is 12.6 Å². The van der Waals surface area contributed by atoms with Crippen molar-refractivity contribution in [3.63, 3.8) is 0 Å². The second-order valence-electron chi connectivity index (χ2n) is 3.83. The van der Waals surface area contributed by atoms with Crippen LogP contribution in [0.15, 0.2) is 6.07 Å². The lowest BCUT2D eigenvalue weighted by atomic mass is 9.98. The van der Waals surface area contributed by atoms with E-state index in [-0.39, 0.29) is 0 Å². The lowest BCUT2D eigenvalue weighted by Gasteiger charge is -2.09. The number of H-pyrrole nitrogens is 1. The van der Waals surface area contributed by atoms with Gasteiger partial charge < -0.3 is 4.98 Å². The molecule has 0 fully saturated rings. The predicted octanol–water partition coefficient (Wildman–Crippen LogP) is 2.76. The fourth-order valence-electron chi connectivity index (χ4n) is 2.08. The monoisotopic (exact) mass is 195 g/mol. The summed E-state index contributed by atoms with van der Waals surface area (Å²) >= 11 is 4.23. The van der Waals surface area contributed by atoms with Crippen LogP contribution in [0, 0.1) is 0 Å². The second kappa shape index (κ2) is 4.23. The summed E-state index contributed by atoms with van der Waals surface area (Å²) in [6.07, 6.45) is 7.62. The van der Waals surface area contributed by atoms with E-state index in [1.54, 1.807) is 5.56 Å². The van der Waals surface area contributed by atoms with Crippen LogP contribution in [0.25, 0.3) is 0 Å². The first-order valence-electron chi connectivity index (χ1n) is 5.20. The highest BCUT2D eigenvalue weighted by molar-refractivity contribution is 7.80. The molecule has 2 heteroatoms. The third-order valence-electron chi connectivity index (χ3n) is 2.77. The molecule has 1 aromatic rings. The third kappa shape index (κ3) is 2.11. The number of rotatable bonds is 3. The van der Waals surface area contributed by atoms with E-state index in [1.807, 2.05) is 0 Å². The quantitative estimate of drug-likeness (QED) is 0.690. The summed E-state index contributed by atoms with van der Waals surface area (Å²) in [6.45, 7) is 0. The fourth-order valence-corrected chi connectivity index (χ4v) is 2.23. The van der Waals surface area contributed by atoms with Crippen LogP contribution in [0.5, 0.6) is 0 Å². The Labute approximate surface area is 85.3 Å². The van der Waals surface area contributed by atoms with E-state index in [4.69, 9.17) is 0 Å². The minimum absolute atomic E-state index is 0.990. The topological polar surface area (TPSA) is 15.8 Å². The second-order valence-corrected chi connectivity index (χ2v) is 4.28. The fraction of sp³-hybridized carbons (Fsp3) is 0.636. The van der Waals surface area contributed by atoms with Crippen LogP contribution in [-0.2, 0) is 19.3 Å². The Morgan fingerprint density at radius 2 is 2.15 bits per heavy atom. The molecule has 0 saturated heterocycles. The van der Waals surface area contributed by atoms with Crippen LogP contribution in [0.4, 0.5) is 0 Å². The molecule has 1 heterocycles. The van der Waals surface area contributed by atoms with Crippen molar-refractivity contribution in [3.05, 3.63) is 23.0 Å². The molecule has 72 valence electrons. The lowest BCUT2D eigenvalue weighted by molar-refractivity contribution is 0.676. The molecule has 0 spiro atoms. The number of nitrogens with one attached hydrogen (secondary N) is 1. The van der Waals surface area contributed by atoms with E-state index in [9.17, 15) is 0 Å². The zero-order valence-corrected chi connectivity index (χ0v) is 8.87. The highest BCUT2D eigenvalue weighted by Gasteiger charge is 2.11. The molecule has 0 aliphatic heterocycles. The molecule has 1 N–H and O–H groups in total. The van der Waals surface area contributed by atoms with Crippen LogP contribution < -0.4 is 0 Å². The van der Waals surface area contributed by atoms with Crippen molar-refractivity contribution in [1.82, 2.24) is 4.98 Å². The molecule has 13 heavy (non-hydrogen) atoms. The van der Waals surface area contributed by atoms with E-state index in [2.05, 4.69) is 23.7 Å². The summed E-state index contributed by atoms with van der Waals surface area (Å²) < 4.78 is 0. The summed E-state index contributed by atoms with van der Waals surface area (Å²) in [5.74, 6) is 0.990. The molecule has 0 unspecified atom stereocenters. The lowest BCUT2D eigenvalue weighted by Crippen LogP contribution is -1.99. The van der Waals surface area contributed by atoms with Gasteiger partial charge in [0.1, 0.15) is 0 Å². The number of aryl methyl sites for hydroxylation is 3. The third-order valence-corrected chi connectivity index (χ3v) is 3.09. The van der Waals surface area contributed by atoms with Crippen LogP contribution in [0.3, 0.4) is 0 Å². The molecular weight excluding hydrogens is 178 g/mol. The minimum atomic E-state index is 0.990. The Morgan fingerprint density at radius 1 is 1.31 bits per heavy atom. The van der Waals surface area contributed by atoms with Crippen molar-refractivity contribution in [2.75, 3.05) is 5.75 Å². The van der Waals surface area contributed by atoms with Crippen molar-refractivity contribution in [1.29, 1.82) is 0 Å². The molecule has 0 amide bonds. The van der Waals surface area contributed by atoms with Crippen molar-refractivity contribution in [2.24, 2.45) is 0 Å². The first-order chi connectivity index (χ1) is 6.40. The summed E-state index contributed by atoms with van der Waals surface area (Å²) in [5, 5.41) is 0. The summed E-state index contributed by atoms with van der Waals surface area (Å²) in [6, 6.07) is 2.36. The number of aromatic nitrogens is 1. The maximum Gasteiger partial charge on any atom is 0.0181 e. The van der Waals surface area contributed by atoms with Crippen LogP contribution in [0.2, 0.25) is 0 Å². The van der Waals surface area contributed by atoms with Gasteiger partial charge in [0.2, 0.25) is 0 Å². The van der Waals surface area contributed by atoms with Gasteiger partial charge in [-0.3, -0.25) is 0 Å². The first-order valence-corrected chi connectivity index (χ1v) is 5.84. The molecule has 0 radical (unpaired) electrons. The molecule has 0 atom stereocenters. The Bertz CT molecular complexity index is 254. The Morgan fingerprint density at radius 3 is 2.92 bits per heavy atom. The number of fused-ring (bicyclic) bond motifs is 1. The SMILES string of the molecule is SCCCc1cc2c([nH]1)CCCC2. The average molecular weight is 195 g/mol. The molecule has 0 bridgehead atoms. The van der Waals surface area contributed by atoms with E-state index in [1.165, 1.54) is 43.5 Å². The van der Waals surface area contributed by atoms with Crippen molar-refractivity contribution < 1.29 is 0 Å². The van der Waals surface area contributed by atoms with Gasteiger partial charge in [-0.15, -0.1) is 0 Å². The minimum Gasteiger partial charge on any atom is -0.362 e. The van der Waals surface area contributed by atoms with Gasteiger partial charge in [0.15, 0.2) is 0 Å². The van der Waals surface area contributed by atoms with Gasteiger partial charge >= 0.3 is 0 Å². The molecule has 2 rings (SSSR count). The van der Waals surface area contributed by atoms with Crippen molar-refractivity contribution in [3.8, 4) is 0 Å². The summed E-state index contributed by atoms with van der Waals surface area (Å²) in [4.78, 5) is 3.53. The Kier molecular flexibility index (Phi) is 2.99. The molecular formula is C11H17NS. The standard InChI is InChI=1S/C11H17NS/c13-7-3-5-10-8-9-4-1-2-6-11(9)12-10/h8,12-13H,1-7H2. The molecule has 1 nitrogen and oxygen atoms in total. The zero-order chi connectivity index (χ0) is 9.10. The van der Waals surface area contributed by atoms with Gasteiger partial charge in [-0.25, -0.2) is 0 Å². The summed E-state index contributed by atoms with van der Waals surface area (Å²) in [7, 11) is 0. The maximum absolute atomic E-state index is 4.23. The largest absolute Gasteiger partial charge is 0.362 e. The maximum atomic E-state index is 4.23. The Hall–Kier alpha value is -0.370. The first kappa shape index (κ1) is 9.20. The number of aromatic amines is 1. The number of hydrogen-bond donors (Lipinski definition) is 2. The molecule has 0 saturated carbocycles. The van der Waals surface area contributed by atoms with Crippen LogP contribution in [0.1, 0.15) is 36.2 Å². The molecule has 0 aromatic carbocycles. The smallest absolute Gasteiger partial charge is 0.0181 e. The molecule has 1 aliphatic rings. The molecule has 1 aromatic heterocycles. The van der Waals surface area contributed by atoms with Gasteiger partial charge in [0.25, 0.3) is 0 Å². The highest BCUT2D eigenvalue weighted by Crippen LogP contribution is 2.22. The predicted molar refractivity (Wildman–Crippen MR) is 59.6 cm³/mol. The van der Waals surface area contributed by atoms with Gasteiger partial charge in [-0.2, -0.15) is 12.6 Å². The van der Waals surface area contributed by atoms with Gasteiger partial charge in [0, 0.05) is 11.4 Å².